The Balaban J connectivity index is 2.37. The molecule has 124 valence electrons. The first-order chi connectivity index (χ1) is 10.8. The van der Waals surface area contributed by atoms with Gasteiger partial charge in [0.05, 0.1) is 11.9 Å². The Morgan fingerprint density at radius 2 is 1.78 bits per heavy atom. The monoisotopic (exact) mass is 334 g/mol. The minimum absolute atomic E-state index is 0.223. The van der Waals surface area contributed by atoms with Crippen LogP contribution < -0.4 is 9.62 Å². The van der Waals surface area contributed by atoms with Crippen molar-refractivity contribution in [3.63, 3.8) is 0 Å². The molecule has 2 rings (SSSR count). The summed E-state index contributed by atoms with van der Waals surface area (Å²) in [5.74, 6) is 0.000230. The zero-order chi connectivity index (χ0) is 17.0. The van der Waals surface area contributed by atoms with Crippen molar-refractivity contribution in [2.75, 3.05) is 23.7 Å². The minimum Gasteiger partial charge on any atom is -0.354 e. The third-order valence-electron chi connectivity index (χ3n) is 3.43. The number of nitrogens with zero attached hydrogens (tertiary/aromatic N) is 1. The van der Waals surface area contributed by atoms with Gasteiger partial charge in [0.15, 0.2) is 0 Å². The van der Waals surface area contributed by atoms with Crippen molar-refractivity contribution in [3.05, 3.63) is 42.5 Å². The summed E-state index contributed by atoms with van der Waals surface area (Å²) in [5, 5.41) is 4.49. The fraction of sp³-hybridized carbons (Fsp3) is 0.353. The van der Waals surface area contributed by atoms with Gasteiger partial charge in [0.1, 0.15) is 6.54 Å². The molecule has 1 amide bonds. The highest BCUT2D eigenvalue weighted by atomic mass is 32.2. The van der Waals surface area contributed by atoms with Gasteiger partial charge in [0.25, 0.3) is 0 Å². The molecular formula is C17H22N2O3S. The number of nitrogens with one attached hydrogen (secondary N) is 1. The number of carbonyl (C=O) groups excluding carboxylic acids is 1. The van der Waals surface area contributed by atoms with Crippen LogP contribution in [0.5, 0.6) is 0 Å². The molecule has 0 bridgehead atoms. The van der Waals surface area contributed by atoms with Gasteiger partial charge in [-0.3, -0.25) is 9.10 Å². The molecule has 0 saturated heterocycles. The number of carbonyl (C=O) groups is 1. The Hall–Kier alpha value is -2.08. The number of fused-ring (bicyclic) bond motifs is 1. The highest BCUT2D eigenvalue weighted by Gasteiger charge is 2.22. The number of amides is 1. The molecule has 23 heavy (non-hydrogen) atoms. The average Bonchev–Trinajstić information content (AvgIpc) is 2.49. The quantitative estimate of drug-likeness (QED) is 0.882. The summed E-state index contributed by atoms with van der Waals surface area (Å²) in [5.41, 5.74) is 0.519. The molecule has 0 aromatic heterocycles. The van der Waals surface area contributed by atoms with Crippen molar-refractivity contribution in [2.24, 2.45) is 5.92 Å². The number of benzene rings is 2. The first-order valence-corrected chi connectivity index (χ1v) is 9.36. The van der Waals surface area contributed by atoms with E-state index in [1.165, 1.54) is 0 Å². The molecule has 0 unspecified atom stereocenters. The summed E-state index contributed by atoms with van der Waals surface area (Å²) in [6.45, 7) is 4.27. The highest BCUT2D eigenvalue weighted by molar-refractivity contribution is 7.92. The number of hydrogen-bond acceptors (Lipinski definition) is 3. The summed E-state index contributed by atoms with van der Waals surface area (Å²) in [7, 11) is -3.57. The van der Waals surface area contributed by atoms with E-state index in [0.29, 0.717) is 18.2 Å². The predicted molar refractivity (Wildman–Crippen MR) is 94.0 cm³/mol. The third kappa shape index (κ3) is 4.45. The topological polar surface area (TPSA) is 66.5 Å². The Bertz CT molecular complexity index is 795. The van der Waals surface area contributed by atoms with Crippen molar-refractivity contribution >= 4 is 32.4 Å². The van der Waals surface area contributed by atoms with Gasteiger partial charge in [-0.05, 0) is 17.4 Å². The predicted octanol–water partition coefficient (Wildman–Crippen LogP) is 2.38. The van der Waals surface area contributed by atoms with Gasteiger partial charge >= 0.3 is 0 Å². The van der Waals surface area contributed by atoms with Crippen molar-refractivity contribution in [1.82, 2.24) is 5.32 Å². The largest absolute Gasteiger partial charge is 0.354 e. The summed E-state index contributed by atoms with van der Waals surface area (Å²) < 4.78 is 25.5. The average molecular weight is 334 g/mol. The van der Waals surface area contributed by atoms with E-state index < -0.39 is 10.0 Å². The highest BCUT2D eigenvalue weighted by Crippen LogP contribution is 2.28. The lowest BCUT2D eigenvalue weighted by Gasteiger charge is -2.23. The van der Waals surface area contributed by atoms with Crippen molar-refractivity contribution in [2.45, 2.75) is 13.8 Å². The fourth-order valence-electron chi connectivity index (χ4n) is 2.31. The van der Waals surface area contributed by atoms with Gasteiger partial charge < -0.3 is 5.32 Å². The van der Waals surface area contributed by atoms with Crippen LogP contribution >= 0.6 is 0 Å². The Morgan fingerprint density at radius 1 is 1.13 bits per heavy atom. The molecule has 1 N–H and O–H groups in total. The Labute approximate surface area is 137 Å². The van der Waals surface area contributed by atoms with Crippen molar-refractivity contribution < 1.29 is 13.2 Å². The Morgan fingerprint density at radius 3 is 2.43 bits per heavy atom. The van der Waals surface area contributed by atoms with Gasteiger partial charge in [0.2, 0.25) is 15.9 Å². The maximum atomic E-state index is 12.2. The van der Waals surface area contributed by atoms with Gasteiger partial charge in [-0.2, -0.15) is 0 Å². The van der Waals surface area contributed by atoms with Crippen LogP contribution in [0.25, 0.3) is 10.8 Å². The molecule has 0 atom stereocenters. The van der Waals surface area contributed by atoms with Crippen LogP contribution in [0.4, 0.5) is 5.69 Å². The first-order valence-electron chi connectivity index (χ1n) is 7.51. The van der Waals surface area contributed by atoms with Gasteiger partial charge in [0, 0.05) is 11.9 Å². The van der Waals surface area contributed by atoms with Crippen LogP contribution in [0.1, 0.15) is 13.8 Å². The van der Waals surface area contributed by atoms with Crippen LogP contribution in [-0.4, -0.2) is 33.7 Å². The van der Waals surface area contributed by atoms with Crippen LogP contribution in [0.2, 0.25) is 0 Å². The molecule has 0 spiro atoms. The van der Waals surface area contributed by atoms with Crippen LogP contribution in [0.15, 0.2) is 42.5 Å². The molecule has 0 aliphatic carbocycles. The second kappa shape index (κ2) is 7.00. The fourth-order valence-corrected chi connectivity index (χ4v) is 3.18. The van der Waals surface area contributed by atoms with Gasteiger partial charge in [-0.25, -0.2) is 8.42 Å². The molecule has 0 heterocycles. The molecule has 2 aromatic rings. The van der Waals surface area contributed by atoms with Gasteiger partial charge in [-0.15, -0.1) is 0 Å². The van der Waals surface area contributed by atoms with Gasteiger partial charge in [-0.1, -0.05) is 50.2 Å². The summed E-state index contributed by atoms with van der Waals surface area (Å²) in [6.07, 6.45) is 1.12. The zero-order valence-corrected chi connectivity index (χ0v) is 14.4. The lowest BCUT2D eigenvalue weighted by molar-refractivity contribution is -0.119. The number of rotatable bonds is 6. The smallest absolute Gasteiger partial charge is 0.240 e. The van der Waals surface area contributed by atoms with Crippen LogP contribution in [0.3, 0.4) is 0 Å². The molecule has 0 aliphatic heterocycles. The molecule has 6 heteroatoms. The number of hydrogen-bond donors (Lipinski definition) is 1. The number of sulfonamides is 1. The maximum absolute atomic E-state index is 12.2. The first kappa shape index (κ1) is 17.3. The maximum Gasteiger partial charge on any atom is 0.240 e. The van der Waals surface area contributed by atoms with Crippen molar-refractivity contribution in [3.8, 4) is 0 Å². The van der Waals surface area contributed by atoms with E-state index in [2.05, 4.69) is 5.32 Å². The third-order valence-corrected chi connectivity index (χ3v) is 4.56. The van der Waals surface area contributed by atoms with E-state index in [1.54, 1.807) is 12.1 Å². The van der Waals surface area contributed by atoms with E-state index in [0.717, 1.165) is 21.3 Å². The molecule has 0 saturated carbocycles. The second-order valence-corrected chi connectivity index (χ2v) is 7.87. The molecule has 2 aromatic carbocycles. The standard InChI is InChI=1S/C17H22N2O3S/c1-13(2)11-18-17(20)12-19(23(3,21)22)16-10-6-8-14-7-4-5-9-15(14)16/h4-10,13H,11-12H2,1-3H3,(H,18,20). The second-order valence-electron chi connectivity index (χ2n) is 5.97. The molecule has 0 radical (unpaired) electrons. The van der Waals surface area contributed by atoms with E-state index in [9.17, 15) is 13.2 Å². The lowest BCUT2D eigenvalue weighted by atomic mass is 10.1. The summed E-state index contributed by atoms with van der Waals surface area (Å²) in [6, 6.07) is 12.9. The molecule has 0 fully saturated rings. The van der Waals surface area contributed by atoms with Crippen molar-refractivity contribution in [1.29, 1.82) is 0 Å². The summed E-state index contributed by atoms with van der Waals surface area (Å²) >= 11 is 0. The zero-order valence-electron chi connectivity index (χ0n) is 13.6. The normalized spacial score (nSPS) is 11.7. The van der Waals surface area contributed by atoms with E-state index >= 15 is 0 Å². The van der Waals surface area contributed by atoms with E-state index in [4.69, 9.17) is 0 Å². The number of anilines is 1. The van der Waals surface area contributed by atoms with Crippen LogP contribution in [0, 0.1) is 5.92 Å². The Kier molecular flexibility index (Phi) is 5.26. The molecular weight excluding hydrogens is 312 g/mol. The van der Waals surface area contributed by atoms with Crippen LogP contribution in [-0.2, 0) is 14.8 Å². The lowest BCUT2D eigenvalue weighted by Crippen LogP contribution is -2.41. The molecule has 5 nitrogen and oxygen atoms in total. The van der Waals surface area contributed by atoms with E-state index in [1.807, 2.05) is 44.2 Å². The summed E-state index contributed by atoms with van der Waals surface area (Å²) in [4.78, 5) is 12.1. The molecule has 0 aliphatic rings. The SMILES string of the molecule is CC(C)CNC(=O)CN(c1cccc2ccccc12)S(C)(=O)=O. The van der Waals surface area contributed by atoms with E-state index in [-0.39, 0.29) is 12.5 Å². The minimum atomic E-state index is -3.57.